The molecule has 0 aliphatic heterocycles. The lowest BCUT2D eigenvalue weighted by atomic mass is 9.90. The summed E-state index contributed by atoms with van der Waals surface area (Å²) < 4.78 is 11.3. The van der Waals surface area contributed by atoms with Crippen LogP contribution in [0.2, 0.25) is 0 Å². The predicted molar refractivity (Wildman–Crippen MR) is 110 cm³/mol. The Morgan fingerprint density at radius 3 is 2.48 bits per heavy atom. The Labute approximate surface area is 170 Å². The van der Waals surface area contributed by atoms with Crippen molar-refractivity contribution in [2.75, 3.05) is 0 Å². The highest BCUT2D eigenvalue weighted by Gasteiger charge is 2.28. The summed E-state index contributed by atoms with van der Waals surface area (Å²) in [5, 5.41) is 10.3. The minimum absolute atomic E-state index is 0.201. The van der Waals surface area contributed by atoms with E-state index in [-0.39, 0.29) is 11.7 Å². The Balaban J connectivity index is 1.68. The molecule has 2 aromatic rings. The summed E-state index contributed by atoms with van der Waals surface area (Å²) in [5.74, 6) is 0.846. The number of benzene rings is 2. The molecular weight excluding hydrogens is 368 g/mol. The molecular formula is C23H24N2O4. The zero-order chi connectivity index (χ0) is 21.0. The maximum absolute atomic E-state index is 12.2. The maximum Gasteiger partial charge on any atom is 0.324 e. The van der Waals surface area contributed by atoms with Crippen LogP contribution in [0.4, 0.5) is 0 Å². The van der Waals surface area contributed by atoms with Gasteiger partial charge in [0.1, 0.15) is 18.1 Å². The van der Waals surface area contributed by atoms with Crippen molar-refractivity contribution in [2.45, 2.75) is 39.9 Å². The number of nitrogens with zero attached hydrogens (tertiary/aromatic N) is 2. The van der Waals surface area contributed by atoms with Crippen LogP contribution in [0.25, 0.3) is 11.6 Å². The van der Waals surface area contributed by atoms with Gasteiger partial charge in [0.15, 0.2) is 6.10 Å². The van der Waals surface area contributed by atoms with E-state index in [0.29, 0.717) is 30.1 Å². The summed E-state index contributed by atoms with van der Waals surface area (Å²) in [6, 6.07) is 12.4. The molecule has 0 radical (unpaired) electrons. The fraction of sp³-hybridized carbons (Fsp3) is 0.304. The first-order chi connectivity index (χ1) is 13.9. The van der Waals surface area contributed by atoms with Gasteiger partial charge < -0.3 is 20.1 Å². The quantitative estimate of drug-likeness (QED) is 0.343. The van der Waals surface area contributed by atoms with Crippen LogP contribution in [0.3, 0.4) is 0 Å². The first-order valence-electron chi connectivity index (χ1n) is 9.50. The van der Waals surface area contributed by atoms with E-state index in [0.717, 1.165) is 11.1 Å². The van der Waals surface area contributed by atoms with E-state index < -0.39 is 11.5 Å². The Kier molecular flexibility index (Phi) is 5.97. The Hall–Kier alpha value is -3.21. The van der Waals surface area contributed by atoms with E-state index in [9.17, 15) is 9.90 Å². The van der Waals surface area contributed by atoms with Gasteiger partial charge in [-0.1, -0.05) is 25.1 Å². The van der Waals surface area contributed by atoms with Gasteiger partial charge in [-0.05, 0) is 67.3 Å². The second-order valence-electron chi connectivity index (χ2n) is 7.57. The monoisotopic (exact) mass is 392 g/mol. The summed E-state index contributed by atoms with van der Waals surface area (Å²) in [5.41, 5.74) is 11.1. The highest BCUT2D eigenvalue weighted by Crippen LogP contribution is 2.29. The molecule has 0 spiro atoms. The zero-order valence-corrected chi connectivity index (χ0v) is 16.8. The van der Waals surface area contributed by atoms with Crippen molar-refractivity contribution in [1.82, 2.24) is 0 Å². The van der Waals surface area contributed by atoms with E-state index in [1.54, 1.807) is 42.5 Å². The Bertz CT molecular complexity index is 986. The van der Waals surface area contributed by atoms with Crippen LogP contribution >= 0.6 is 0 Å². The van der Waals surface area contributed by atoms with Gasteiger partial charge in [0.2, 0.25) is 0 Å². The number of carbonyl (C=O) groups is 1. The average molecular weight is 392 g/mol. The first-order valence-corrected chi connectivity index (χ1v) is 9.50. The van der Waals surface area contributed by atoms with Gasteiger partial charge in [0, 0.05) is 6.08 Å². The molecule has 3 rings (SSSR count). The van der Waals surface area contributed by atoms with E-state index >= 15 is 0 Å². The highest BCUT2D eigenvalue weighted by atomic mass is 16.5. The molecule has 1 N–H and O–H groups in total. The molecule has 1 aliphatic carbocycles. The van der Waals surface area contributed by atoms with Gasteiger partial charge >= 0.3 is 11.7 Å². The van der Waals surface area contributed by atoms with Crippen LogP contribution in [-0.4, -0.2) is 21.6 Å². The molecule has 29 heavy (non-hydrogen) atoms. The molecule has 1 aliphatic rings. The van der Waals surface area contributed by atoms with Crippen LogP contribution in [-0.2, 0) is 11.4 Å². The van der Waals surface area contributed by atoms with Crippen LogP contribution in [0.15, 0.2) is 48.5 Å². The number of ether oxygens (including phenoxy) is 2. The first kappa shape index (κ1) is 20.5. The van der Waals surface area contributed by atoms with Crippen LogP contribution in [0.1, 0.15) is 50.0 Å². The van der Waals surface area contributed by atoms with E-state index in [1.807, 2.05) is 32.9 Å². The third-order valence-electron chi connectivity index (χ3n) is 5.21. The lowest BCUT2D eigenvalue weighted by molar-refractivity contribution is -0.144. The van der Waals surface area contributed by atoms with Crippen molar-refractivity contribution in [3.05, 3.63) is 70.8 Å². The minimum atomic E-state index is -0.971. The second kappa shape index (κ2) is 8.43. The average Bonchev–Trinajstić information content (AvgIpc) is 2.73. The number of hydrogen-bond donors (Lipinski definition) is 1. The summed E-state index contributed by atoms with van der Waals surface area (Å²) in [6.45, 7) is 5.96. The summed E-state index contributed by atoms with van der Waals surface area (Å²) in [6.07, 6.45) is 3.11. The van der Waals surface area contributed by atoms with Crippen LogP contribution < -0.4 is 9.47 Å². The van der Waals surface area contributed by atoms with Crippen LogP contribution in [0.5, 0.6) is 11.5 Å². The number of rotatable bonds is 6. The van der Waals surface area contributed by atoms with Crippen molar-refractivity contribution < 1.29 is 24.2 Å². The normalized spacial score (nSPS) is 15.4. The molecule has 0 saturated heterocycles. The molecule has 2 aromatic carbocycles. The Morgan fingerprint density at radius 1 is 1.14 bits per heavy atom. The van der Waals surface area contributed by atoms with Crippen molar-refractivity contribution in [1.29, 1.82) is 0 Å². The van der Waals surface area contributed by atoms with Crippen molar-refractivity contribution in [3.63, 3.8) is 0 Å². The molecule has 6 heteroatoms. The van der Waals surface area contributed by atoms with E-state index in [2.05, 4.69) is 4.79 Å². The van der Waals surface area contributed by atoms with E-state index in [1.165, 1.54) is 0 Å². The standard InChI is InChI=1S/C23H24N2O4/c1-4-23(2,3)22(27)29-17-10-8-16(9-11-17)28-14-15-6-5-7-19-18(15)12-13-20(25-24)21(19)26/h5-13,21,26H,4,14H2,1-3H3. The topological polar surface area (TPSA) is 92.2 Å². The molecule has 6 nitrogen and oxygen atoms in total. The number of fused-ring (bicyclic) bond motifs is 1. The van der Waals surface area contributed by atoms with Gasteiger partial charge in [-0.25, -0.2) is 0 Å². The molecule has 150 valence electrons. The number of hydrogen-bond acceptors (Lipinski definition) is 4. The summed E-state index contributed by atoms with van der Waals surface area (Å²) >= 11 is 0. The summed E-state index contributed by atoms with van der Waals surface area (Å²) in [4.78, 5) is 15.3. The number of aliphatic hydroxyl groups excluding tert-OH is 1. The SMILES string of the molecule is CCC(C)(C)C(=O)Oc1ccc(OCc2cccc3c2C=CC(=[N+]=[N-])C3O)cc1. The lowest BCUT2D eigenvalue weighted by Crippen LogP contribution is -2.28. The predicted octanol–water partition coefficient (Wildman–Crippen LogP) is 4.34. The number of aliphatic hydroxyl groups is 1. The molecule has 0 fully saturated rings. The molecule has 1 unspecified atom stereocenters. The molecule has 0 heterocycles. The smallest absolute Gasteiger partial charge is 0.324 e. The Morgan fingerprint density at radius 2 is 1.83 bits per heavy atom. The zero-order valence-electron chi connectivity index (χ0n) is 16.8. The minimum Gasteiger partial charge on any atom is -0.489 e. The van der Waals surface area contributed by atoms with Gasteiger partial charge in [0.25, 0.3) is 0 Å². The fourth-order valence-electron chi connectivity index (χ4n) is 2.86. The largest absolute Gasteiger partial charge is 0.489 e. The third kappa shape index (κ3) is 4.45. The second-order valence-corrected chi connectivity index (χ2v) is 7.57. The van der Waals surface area contributed by atoms with Crippen molar-refractivity contribution in [3.8, 4) is 11.5 Å². The van der Waals surface area contributed by atoms with Crippen LogP contribution in [0, 0.1) is 5.41 Å². The maximum atomic E-state index is 12.2. The molecule has 0 saturated carbocycles. The third-order valence-corrected chi connectivity index (χ3v) is 5.21. The van der Waals surface area contributed by atoms with Gasteiger partial charge in [-0.2, -0.15) is 4.79 Å². The molecule has 1 atom stereocenters. The summed E-state index contributed by atoms with van der Waals surface area (Å²) in [7, 11) is 0. The van der Waals surface area contributed by atoms with Gasteiger partial charge in [-0.15, -0.1) is 0 Å². The van der Waals surface area contributed by atoms with Gasteiger partial charge in [-0.3, -0.25) is 4.79 Å². The molecule has 0 aromatic heterocycles. The fourth-order valence-corrected chi connectivity index (χ4v) is 2.86. The molecule has 0 amide bonds. The molecule has 0 bridgehead atoms. The van der Waals surface area contributed by atoms with Gasteiger partial charge in [0.05, 0.1) is 5.41 Å². The lowest BCUT2D eigenvalue weighted by Gasteiger charge is -2.20. The number of esters is 1. The number of carbonyl (C=O) groups excluding carboxylic acids is 1. The van der Waals surface area contributed by atoms with E-state index in [4.69, 9.17) is 15.0 Å². The highest BCUT2D eigenvalue weighted by molar-refractivity contribution is 6.01. The van der Waals surface area contributed by atoms with Crippen molar-refractivity contribution in [2.24, 2.45) is 5.41 Å². The van der Waals surface area contributed by atoms with Crippen molar-refractivity contribution >= 4 is 17.8 Å².